The molecule has 82 valence electrons. The van der Waals surface area contributed by atoms with Crippen molar-refractivity contribution >= 4 is 11.9 Å². The number of hydrogen-bond donors (Lipinski definition) is 2. The third kappa shape index (κ3) is 6.42. The molecule has 0 radical (unpaired) electrons. The van der Waals surface area contributed by atoms with Crippen LogP contribution >= 0.6 is 0 Å². The molecule has 0 heterocycles. The highest BCUT2D eigenvalue weighted by molar-refractivity contribution is 5.73. The van der Waals surface area contributed by atoms with E-state index in [4.69, 9.17) is 5.11 Å². The van der Waals surface area contributed by atoms with Crippen molar-refractivity contribution in [2.45, 2.75) is 32.7 Å². The molecule has 0 bridgehead atoms. The first-order chi connectivity index (χ1) is 6.57. The van der Waals surface area contributed by atoms with Gasteiger partial charge in [0, 0.05) is 13.3 Å². The van der Waals surface area contributed by atoms with Crippen molar-refractivity contribution < 1.29 is 19.4 Å². The molecule has 2 N–H and O–H groups in total. The molecule has 0 saturated carbocycles. The number of esters is 1. The SMILES string of the molecule is CCCNC(CCOC(C)=O)C(=O)O. The van der Waals surface area contributed by atoms with E-state index in [0.717, 1.165) is 6.42 Å². The molecule has 0 fully saturated rings. The Morgan fingerprint density at radius 3 is 2.57 bits per heavy atom. The summed E-state index contributed by atoms with van der Waals surface area (Å²) in [6.45, 7) is 4.05. The van der Waals surface area contributed by atoms with Crippen molar-refractivity contribution in [3.8, 4) is 0 Å². The zero-order valence-electron chi connectivity index (χ0n) is 8.58. The molecule has 5 heteroatoms. The van der Waals surface area contributed by atoms with Gasteiger partial charge in [-0.1, -0.05) is 6.92 Å². The number of carbonyl (C=O) groups is 2. The minimum Gasteiger partial charge on any atom is -0.480 e. The van der Waals surface area contributed by atoms with Crippen LogP contribution in [0.5, 0.6) is 0 Å². The fraction of sp³-hybridized carbons (Fsp3) is 0.778. The van der Waals surface area contributed by atoms with Crippen molar-refractivity contribution in [2.24, 2.45) is 0 Å². The Morgan fingerprint density at radius 1 is 1.50 bits per heavy atom. The third-order valence-electron chi connectivity index (χ3n) is 1.65. The molecule has 0 aliphatic heterocycles. The minimum atomic E-state index is -0.911. The summed E-state index contributed by atoms with van der Waals surface area (Å²) in [6.07, 6.45) is 1.17. The molecule has 0 aromatic carbocycles. The van der Waals surface area contributed by atoms with E-state index in [-0.39, 0.29) is 12.6 Å². The van der Waals surface area contributed by atoms with Gasteiger partial charge < -0.3 is 15.2 Å². The molecule has 0 amide bonds. The molecule has 5 nitrogen and oxygen atoms in total. The second-order valence-electron chi connectivity index (χ2n) is 2.97. The normalized spacial score (nSPS) is 12.1. The summed E-state index contributed by atoms with van der Waals surface area (Å²) in [4.78, 5) is 21.1. The van der Waals surface area contributed by atoms with Crippen LogP contribution in [0.4, 0.5) is 0 Å². The summed E-state index contributed by atoms with van der Waals surface area (Å²) in [7, 11) is 0. The lowest BCUT2D eigenvalue weighted by Gasteiger charge is -2.13. The number of nitrogens with one attached hydrogen (secondary N) is 1. The van der Waals surface area contributed by atoms with Crippen molar-refractivity contribution in [2.75, 3.05) is 13.2 Å². The Kier molecular flexibility index (Phi) is 6.74. The Hall–Kier alpha value is -1.10. The minimum absolute atomic E-state index is 0.142. The maximum absolute atomic E-state index is 10.7. The van der Waals surface area contributed by atoms with Crippen molar-refractivity contribution in [3.63, 3.8) is 0 Å². The molecule has 0 aliphatic rings. The van der Waals surface area contributed by atoms with Gasteiger partial charge in [0.25, 0.3) is 0 Å². The summed E-state index contributed by atoms with van der Waals surface area (Å²) >= 11 is 0. The first-order valence-electron chi connectivity index (χ1n) is 4.67. The number of aliphatic carboxylic acids is 1. The highest BCUT2D eigenvalue weighted by Gasteiger charge is 2.15. The van der Waals surface area contributed by atoms with Gasteiger partial charge >= 0.3 is 11.9 Å². The van der Waals surface area contributed by atoms with Crippen LogP contribution in [-0.4, -0.2) is 36.2 Å². The summed E-state index contributed by atoms with van der Waals surface area (Å²) < 4.78 is 4.66. The van der Waals surface area contributed by atoms with E-state index >= 15 is 0 Å². The quantitative estimate of drug-likeness (QED) is 0.585. The molecule has 1 unspecified atom stereocenters. The smallest absolute Gasteiger partial charge is 0.320 e. The second kappa shape index (κ2) is 7.32. The molecule has 0 rings (SSSR count). The first kappa shape index (κ1) is 12.9. The van der Waals surface area contributed by atoms with E-state index in [1.807, 2.05) is 6.92 Å². The molecule has 0 aromatic heterocycles. The highest BCUT2D eigenvalue weighted by atomic mass is 16.5. The largest absolute Gasteiger partial charge is 0.480 e. The van der Waals surface area contributed by atoms with Crippen LogP contribution in [0.2, 0.25) is 0 Å². The Balaban J connectivity index is 3.73. The van der Waals surface area contributed by atoms with Crippen LogP contribution in [0.25, 0.3) is 0 Å². The fourth-order valence-electron chi connectivity index (χ4n) is 0.952. The summed E-state index contributed by atoms with van der Waals surface area (Å²) in [6, 6.07) is -0.630. The standard InChI is InChI=1S/C9H17NO4/c1-3-5-10-8(9(12)13)4-6-14-7(2)11/h8,10H,3-6H2,1-2H3,(H,12,13). The zero-order chi connectivity index (χ0) is 11.0. The Morgan fingerprint density at radius 2 is 2.14 bits per heavy atom. The lowest BCUT2D eigenvalue weighted by atomic mass is 10.2. The monoisotopic (exact) mass is 203 g/mol. The molecular weight excluding hydrogens is 186 g/mol. The summed E-state index contributed by atoms with van der Waals surface area (Å²) in [5.74, 6) is -1.30. The van der Waals surface area contributed by atoms with Crippen LogP contribution in [-0.2, 0) is 14.3 Å². The van der Waals surface area contributed by atoms with Gasteiger partial charge in [0.05, 0.1) is 6.61 Å². The third-order valence-corrected chi connectivity index (χ3v) is 1.65. The Labute approximate surface area is 83.4 Å². The molecule has 14 heavy (non-hydrogen) atoms. The van der Waals surface area contributed by atoms with Crippen LogP contribution in [0.3, 0.4) is 0 Å². The van der Waals surface area contributed by atoms with Crippen molar-refractivity contribution in [1.82, 2.24) is 5.32 Å². The van der Waals surface area contributed by atoms with E-state index in [9.17, 15) is 9.59 Å². The lowest BCUT2D eigenvalue weighted by molar-refractivity contribution is -0.144. The fourth-order valence-corrected chi connectivity index (χ4v) is 0.952. The van der Waals surface area contributed by atoms with Gasteiger partial charge in [-0.15, -0.1) is 0 Å². The van der Waals surface area contributed by atoms with Crippen molar-refractivity contribution in [1.29, 1.82) is 0 Å². The van der Waals surface area contributed by atoms with Crippen LogP contribution in [0.15, 0.2) is 0 Å². The number of carboxylic acids is 1. The van der Waals surface area contributed by atoms with E-state index in [2.05, 4.69) is 10.1 Å². The average molecular weight is 203 g/mol. The van der Waals surface area contributed by atoms with Crippen LogP contribution in [0.1, 0.15) is 26.7 Å². The number of hydrogen-bond acceptors (Lipinski definition) is 4. The predicted octanol–water partition coefficient (Wildman–Crippen LogP) is 0.392. The van der Waals surface area contributed by atoms with Gasteiger partial charge in [-0.25, -0.2) is 0 Å². The molecule has 1 atom stereocenters. The maximum atomic E-state index is 10.7. The van der Waals surface area contributed by atoms with Gasteiger partial charge in [-0.3, -0.25) is 9.59 Å². The zero-order valence-corrected chi connectivity index (χ0v) is 8.58. The predicted molar refractivity (Wildman–Crippen MR) is 51.0 cm³/mol. The molecule has 0 saturated heterocycles. The first-order valence-corrected chi connectivity index (χ1v) is 4.67. The van der Waals surface area contributed by atoms with E-state index in [0.29, 0.717) is 13.0 Å². The second-order valence-corrected chi connectivity index (χ2v) is 2.97. The molecule has 0 aliphatic carbocycles. The number of rotatable bonds is 7. The lowest BCUT2D eigenvalue weighted by Crippen LogP contribution is -2.38. The Bertz CT molecular complexity index is 193. The van der Waals surface area contributed by atoms with E-state index in [1.165, 1.54) is 6.92 Å². The van der Waals surface area contributed by atoms with E-state index < -0.39 is 12.0 Å². The average Bonchev–Trinajstić information content (AvgIpc) is 2.09. The summed E-state index contributed by atoms with van der Waals surface area (Å²) in [5, 5.41) is 11.6. The molecule has 0 spiro atoms. The molecule has 0 aromatic rings. The van der Waals surface area contributed by atoms with Gasteiger partial charge in [0.1, 0.15) is 6.04 Å². The number of carbonyl (C=O) groups excluding carboxylic acids is 1. The summed E-state index contributed by atoms with van der Waals surface area (Å²) in [5.41, 5.74) is 0. The van der Waals surface area contributed by atoms with Crippen molar-refractivity contribution in [3.05, 3.63) is 0 Å². The van der Waals surface area contributed by atoms with Gasteiger partial charge in [0.15, 0.2) is 0 Å². The van der Waals surface area contributed by atoms with Gasteiger partial charge in [-0.2, -0.15) is 0 Å². The maximum Gasteiger partial charge on any atom is 0.320 e. The topological polar surface area (TPSA) is 75.6 Å². The van der Waals surface area contributed by atoms with E-state index in [1.54, 1.807) is 0 Å². The van der Waals surface area contributed by atoms with Crippen LogP contribution < -0.4 is 5.32 Å². The number of carboxylic acid groups (broad SMARTS) is 1. The molecular formula is C9H17NO4. The van der Waals surface area contributed by atoms with Crippen LogP contribution in [0, 0.1) is 0 Å². The highest BCUT2D eigenvalue weighted by Crippen LogP contribution is 1.94. The number of ether oxygens (including phenoxy) is 1. The van der Waals surface area contributed by atoms with Gasteiger partial charge in [0.2, 0.25) is 0 Å². The van der Waals surface area contributed by atoms with Gasteiger partial charge in [-0.05, 0) is 13.0 Å².